The van der Waals surface area contributed by atoms with Crippen LogP contribution in [0.3, 0.4) is 0 Å². The number of rotatable bonds is 2. The Morgan fingerprint density at radius 1 is 1.07 bits per heavy atom. The zero-order chi connectivity index (χ0) is 12.0. The maximum atomic E-state index is 2.35. The molecule has 0 aliphatic heterocycles. The van der Waals surface area contributed by atoms with Crippen molar-refractivity contribution in [2.45, 2.75) is 67.7 Å². The van der Waals surface area contributed by atoms with Crippen LogP contribution < -0.4 is 0 Å². The van der Waals surface area contributed by atoms with Gasteiger partial charge in [0.05, 0.1) is 0 Å². The summed E-state index contributed by atoms with van der Waals surface area (Å²) in [5, 5.41) is 0. The molecule has 0 amide bonds. The van der Waals surface area contributed by atoms with Crippen molar-refractivity contribution < 1.29 is 0 Å². The highest BCUT2D eigenvalue weighted by atomic mass is 14.3. The van der Waals surface area contributed by atoms with E-state index in [0.29, 0.717) is 0 Å². The topological polar surface area (TPSA) is 0 Å². The molecule has 1 atom stereocenters. The van der Waals surface area contributed by atoms with E-state index in [9.17, 15) is 0 Å². The van der Waals surface area contributed by atoms with Crippen molar-refractivity contribution in [1.82, 2.24) is 0 Å². The Morgan fingerprint density at radius 3 is 1.73 bits per heavy atom. The summed E-state index contributed by atoms with van der Waals surface area (Å²) in [5.74, 6) is 2.56. The Bertz CT molecular complexity index is 196. The molecular weight excluding hydrogens is 180 g/mol. The fraction of sp³-hybridized carbons (Fsp3) is 0.867. The van der Waals surface area contributed by atoms with Crippen LogP contribution in [0.2, 0.25) is 0 Å². The summed E-state index contributed by atoms with van der Waals surface area (Å²) in [6, 6.07) is 0. The van der Waals surface area contributed by atoms with E-state index in [1.165, 1.54) is 19.3 Å². The first kappa shape index (κ1) is 14.7. The fourth-order valence-electron chi connectivity index (χ4n) is 2.25. The second-order valence-corrected chi connectivity index (χ2v) is 5.58. The second kappa shape index (κ2) is 7.09. The largest absolute Gasteiger partial charge is 0.0736 e. The quantitative estimate of drug-likeness (QED) is 0.532. The Labute approximate surface area is 97.2 Å². The molecule has 0 aromatic heterocycles. The van der Waals surface area contributed by atoms with Crippen molar-refractivity contribution in [3.8, 4) is 0 Å². The molecule has 15 heavy (non-hydrogen) atoms. The monoisotopic (exact) mass is 210 g/mol. The molecule has 0 spiro atoms. The predicted molar refractivity (Wildman–Crippen MR) is 71.1 cm³/mol. The van der Waals surface area contributed by atoms with Crippen molar-refractivity contribution >= 4 is 0 Å². The zero-order valence-electron chi connectivity index (χ0n) is 11.9. The predicted octanol–water partition coefficient (Wildman–Crippen LogP) is 5.44. The van der Waals surface area contributed by atoms with E-state index in [1.54, 1.807) is 11.1 Å². The first-order valence-corrected chi connectivity index (χ1v) is 6.62. The molecule has 90 valence electrons. The molecule has 0 radical (unpaired) electrons. The first-order valence-electron chi connectivity index (χ1n) is 6.62. The third kappa shape index (κ3) is 4.86. The van der Waals surface area contributed by atoms with Gasteiger partial charge in [-0.3, -0.25) is 0 Å². The molecule has 1 unspecified atom stereocenters. The maximum absolute atomic E-state index is 2.35. The molecule has 0 fully saturated rings. The zero-order valence-corrected chi connectivity index (χ0v) is 11.9. The van der Waals surface area contributed by atoms with E-state index >= 15 is 0 Å². The summed E-state index contributed by atoms with van der Waals surface area (Å²) in [7, 11) is 0. The van der Waals surface area contributed by atoms with Crippen LogP contribution in [0.1, 0.15) is 67.7 Å². The average molecular weight is 210 g/mol. The van der Waals surface area contributed by atoms with Gasteiger partial charge in [-0.2, -0.15) is 0 Å². The minimum absolute atomic E-state index is 0.772. The fourth-order valence-corrected chi connectivity index (χ4v) is 2.25. The lowest BCUT2D eigenvalue weighted by Crippen LogP contribution is -2.05. The van der Waals surface area contributed by atoms with Crippen molar-refractivity contribution in [3.05, 3.63) is 11.1 Å². The minimum Gasteiger partial charge on any atom is -0.0736 e. The number of hydrogen-bond acceptors (Lipinski definition) is 0. The maximum Gasteiger partial charge on any atom is -0.0257 e. The van der Waals surface area contributed by atoms with Gasteiger partial charge in [-0.1, -0.05) is 59.1 Å². The SMILES string of the molecule is CC1=C(C(C)C)CC(C(C)C)C1.CCC. The Hall–Kier alpha value is -0.260. The summed E-state index contributed by atoms with van der Waals surface area (Å²) in [4.78, 5) is 0. The molecule has 0 heteroatoms. The molecule has 1 rings (SSSR count). The highest BCUT2D eigenvalue weighted by molar-refractivity contribution is 5.21. The average Bonchev–Trinajstić information content (AvgIpc) is 2.48. The third-order valence-electron chi connectivity index (χ3n) is 3.24. The number of hydrogen-bond donors (Lipinski definition) is 0. The van der Waals surface area contributed by atoms with E-state index in [4.69, 9.17) is 0 Å². The molecular formula is C15H30. The van der Waals surface area contributed by atoms with Crippen LogP contribution in [-0.2, 0) is 0 Å². The molecule has 1 aliphatic carbocycles. The second-order valence-electron chi connectivity index (χ2n) is 5.58. The summed E-state index contributed by atoms with van der Waals surface area (Å²) < 4.78 is 0. The van der Waals surface area contributed by atoms with Gasteiger partial charge in [0.15, 0.2) is 0 Å². The molecule has 0 nitrogen and oxygen atoms in total. The molecule has 0 heterocycles. The van der Waals surface area contributed by atoms with Gasteiger partial charge in [0.25, 0.3) is 0 Å². The van der Waals surface area contributed by atoms with Crippen LogP contribution in [0.5, 0.6) is 0 Å². The lowest BCUT2D eigenvalue weighted by atomic mass is 9.90. The van der Waals surface area contributed by atoms with Crippen molar-refractivity contribution in [2.75, 3.05) is 0 Å². The van der Waals surface area contributed by atoms with Gasteiger partial charge in [-0.15, -0.1) is 0 Å². The highest BCUT2D eigenvalue weighted by Crippen LogP contribution is 2.38. The van der Waals surface area contributed by atoms with Crippen LogP contribution in [0, 0.1) is 17.8 Å². The normalized spacial score (nSPS) is 21.0. The summed E-state index contributed by atoms with van der Waals surface area (Å²) in [6.07, 6.45) is 3.96. The molecule has 0 bridgehead atoms. The molecule has 1 aliphatic rings. The van der Waals surface area contributed by atoms with Gasteiger partial charge < -0.3 is 0 Å². The van der Waals surface area contributed by atoms with E-state index < -0.39 is 0 Å². The van der Waals surface area contributed by atoms with E-state index in [2.05, 4.69) is 48.5 Å². The van der Waals surface area contributed by atoms with Crippen molar-refractivity contribution in [2.24, 2.45) is 17.8 Å². The Morgan fingerprint density at radius 2 is 1.53 bits per heavy atom. The molecule has 0 saturated carbocycles. The van der Waals surface area contributed by atoms with Gasteiger partial charge in [-0.25, -0.2) is 0 Å². The van der Waals surface area contributed by atoms with Crippen LogP contribution in [-0.4, -0.2) is 0 Å². The third-order valence-corrected chi connectivity index (χ3v) is 3.24. The van der Waals surface area contributed by atoms with Gasteiger partial charge >= 0.3 is 0 Å². The van der Waals surface area contributed by atoms with Gasteiger partial charge in [0, 0.05) is 0 Å². The van der Waals surface area contributed by atoms with Crippen LogP contribution >= 0.6 is 0 Å². The minimum atomic E-state index is 0.772. The summed E-state index contributed by atoms with van der Waals surface area (Å²) >= 11 is 0. The summed E-state index contributed by atoms with van der Waals surface area (Å²) in [5.41, 5.74) is 3.40. The Kier molecular flexibility index (Phi) is 6.96. The molecule has 0 N–H and O–H groups in total. The van der Waals surface area contributed by atoms with Crippen molar-refractivity contribution in [1.29, 1.82) is 0 Å². The number of allylic oxidation sites excluding steroid dienone is 2. The van der Waals surface area contributed by atoms with Crippen LogP contribution in [0.4, 0.5) is 0 Å². The summed E-state index contributed by atoms with van der Waals surface area (Å²) in [6.45, 7) is 15.9. The van der Waals surface area contributed by atoms with Gasteiger partial charge in [0.2, 0.25) is 0 Å². The lowest BCUT2D eigenvalue weighted by molar-refractivity contribution is 0.396. The van der Waals surface area contributed by atoms with Gasteiger partial charge in [0.1, 0.15) is 0 Å². The van der Waals surface area contributed by atoms with E-state index in [1.807, 2.05) is 0 Å². The van der Waals surface area contributed by atoms with Crippen LogP contribution in [0.25, 0.3) is 0 Å². The lowest BCUT2D eigenvalue weighted by Gasteiger charge is -2.15. The highest BCUT2D eigenvalue weighted by Gasteiger charge is 2.24. The smallest absolute Gasteiger partial charge is 0.0257 e. The van der Waals surface area contributed by atoms with E-state index in [0.717, 1.165) is 17.8 Å². The van der Waals surface area contributed by atoms with Gasteiger partial charge in [-0.05, 0) is 37.5 Å². The van der Waals surface area contributed by atoms with Crippen LogP contribution in [0.15, 0.2) is 11.1 Å². The van der Waals surface area contributed by atoms with Crippen molar-refractivity contribution in [3.63, 3.8) is 0 Å². The van der Waals surface area contributed by atoms with E-state index in [-0.39, 0.29) is 0 Å². The molecule has 0 saturated heterocycles. The Balaban J connectivity index is 0.000000583. The first-order chi connectivity index (χ1) is 6.93. The molecule has 0 aromatic rings. The molecule has 0 aromatic carbocycles. The standard InChI is InChI=1S/C12H22.C3H8/c1-8(2)11-6-10(5)12(7-11)9(3)4;1-3-2/h8-9,11H,6-7H2,1-5H3;3H2,1-2H3.